The molecule has 1 saturated carbocycles. The van der Waals surface area contributed by atoms with E-state index < -0.39 is 30.8 Å². The number of aliphatic hydroxyl groups excluding tert-OH is 1. The van der Waals surface area contributed by atoms with Crippen LogP contribution in [-0.2, 0) is 28.7 Å². The number of carbonyl (C=O) groups is 5. The number of carbonyl (C=O) groups excluding carboxylic acids is 5. The quantitative estimate of drug-likeness (QED) is 0.0352. The van der Waals surface area contributed by atoms with Crippen LogP contribution in [0.1, 0.15) is 85.5 Å². The van der Waals surface area contributed by atoms with Gasteiger partial charge in [-0.3, -0.25) is 28.9 Å². The number of nitrogens with one attached hydrogen (secondary N) is 1. The second-order valence-corrected chi connectivity index (χ2v) is 19.0. The number of hydrogen-bond donors (Lipinski definition) is 5. The Morgan fingerprint density at radius 1 is 0.556 bits per heavy atom. The lowest BCUT2D eigenvalue weighted by atomic mass is 9.90. The van der Waals surface area contributed by atoms with Gasteiger partial charge in [0.05, 0.1) is 45.9 Å². The standard InChI is InChI=1S/C56H77N9O7/c57-29-15-17-31-61(39-51(59)67)53(69)41-63(32-18-16-30-58)56-50(72-56)38-64(36-48(43-19-5-1-6-20-43)44-21-7-2-8-22-44)55(71)40-62(33-34-66)54(70)42-65(52(68)35-60-47-27-13-14-28-47)37-49(45-23-9-3-10-24-45)46-25-11-4-12-26-46/h1-12,19-26,47-50,56,60,66H,13-18,27-42,57-58H2,(H2,59,67). The fourth-order valence-electron chi connectivity index (χ4n) is 9.70. The summed E-state index contributed by atoms with van der Waals surface area (Å²) in [6, 6.07) is 39.9. The molecule has 388 valence electrons. The number of unbranched alkanes of at least 4 members (excludes halogenated alkanes) is 2. The van der Waals surface area contributed by atoms with Gasteiger partial charge in [-0.1, -0.05) is 134 Å². The van der Waals surface area contributed by atoms with Gasteiger partial charge >= 0.3 is 0 Å². The lowest BCUT2D eigenvalue weighted by Crippen LogP contribution is -2.51. The number of rotatable bonds is 32. The van der Waals surface area contributed by atoms with Crippen molar-refractivity contribution in [2.45, 2.75) is 81.6 Å². The summed E-state index contributed by atoms with van der Waals surface area (Å²) in [6.45, 7) is 0.948. The third-order valence-corrected chi connectivity index (χ3v) is 13.7. The zero-order chi connectivity index (χ0) is 51.1. The summed E-state index contributed by atoms with van der Waals surface area (Å²) >= 11 is 0. The van der Waals surface area contributed by atoms with E-state index in [1.165, 1.54) is 9.80 Å². The van der Waals surface area contributed by atoms with Crippen molar-refractivity contribution in [1.29, 1.82) is 0 Å². The number of ether oxygens (including phenoxy) is 1. The summed E-state index contributed by atoms with van der Waals surface area (Å²) in [5.41, 5.74) is 21.1. The molecule has 6 rings (SSSR count). The van der Waals surface area contributed by atoms with Crippen LogP contribution in [0.25, 0.3) is 0 Å². The van der Waals surface area contributed by atoms with Gasteiger partial charge in [-0.15, -0.1) is 0 Å². The molecule has 2 aliphatic rings. The molecule has 0 bridgehead atoms. The van der Waals surface area contributed by atoms with E-state index in [9.17, 15) is 24.3 Å². The molecule has 1 aliphatic heterocycles. The average molecular weight is 988 g/mol. The second-order valence-electron chi connectivity index (χ2n) is 19.0. The van der Waals surface area contributed by atoms with Crippen LogP contribution >= 0.6 is 0 Å². The molecule has 2 unspecified atom stereocenters. The third kappa shape index (κ3) is 17.3. The molecule has 16 heteroatoms. The van der Waals surface area contributed by atoms with Gasteiger partial charge in [0.2, 0.25) is 29.5 Å². The van der Waals surface area contributed by atoms with Crippen LogP contribution < -0.4 is 22.5 Å². The first-order valence-corrected chi connectivity index (χ1v) is 25.8. The monoisotopic (exact) mass is 988 g/mol. The van der Waals surface area contributed by atoms with Gasteiger partial charge in [0, 0.05) is 50.6 Å². The first-order valence-electron chi connectivity index (χ1n) is 25.8. The van der Waals surface area contributed by atoms with Gasteiger partial charge in [0.1, 0.15) is 12.3 Å². The highest BCUT2D eigenvalue weighted by molar-refractivity contribution is 5.89. The van der Waals surface area contributed by atoms with Gasteiger partial charge in [-0.05, 0) is 73.9 Å². The number of nitrogens with two attached hydrogens (primary N) is 3. The van der Waals surface area contributed by atoms with Crippen molar-refractivity contribution < 1.29 is 33.8 Å². The number of amides is 5. The summed E-state index contributed by atoms with van der Waals surface area (Å²) in [5.74, 6) is -2.45. The topological polar surface area (TPSA) is 224 Å². The van der Waals surface area contributed by atoms with Gasteiger partial charge in [-0.25, -0.2) is 0 Å². The Balaban J connectivity index is 1.26. The zero-order valence-corrected chi connectivity index (χ0v) is 41.9. The molecular weight excluding hydrogens is 911 g/mol. The molecule has 2 fully saturated rings. The largest absolute Gasteiger partial charge is 0.395 e. The minimum Gasteiger partial charge on any atom is -0.395 e. The summed E-state index contributed by atoms with van der Waals surface area (Å²) < 4.78 is 6.34. The van der Waals surface area contributed by atoms with E-state index in [0.717, 1.165) is 54.4 Å². The van der Waals surface area contributed by atoms with Gasteiger partial charge < -0.3 is 52.0 Å². The number of hydrogen-bond acceptors (Lipinski definition) is 11. The van der Waals surface area contributed by atoms with E-state index in [1.807, 2.05) is 126 Å². The first-order chi connectivity index (χ1) is 35.1. The van der Waals surface area contributed by atoms with Gasteiger partial charge in [0.15, 0.2) is 0 Å². The van der Waals surface area contributed by atoms with Crippen LogP contribution in [0, 0.1) is 0 Å². The van der Waals surface area contributed by atoms with Crippen LogP contribution in [0.2, 0.25) is 0 Å². The Hall–Kier alpha value is -6.01. The first kappa shape index (κ1) is 55.3. The Kier molecular flexibility index (Phi) is 22.7. The maximum atomic E-state index is 15.1. The minimum atomic E-state index is -0.611. The van der Waals surface area contributed by atoms with Crippen molar-refractivity contribution in [1.82, 2.24) is 29.8 Å². The minimum absolute atomic E-state index is 0.0359. The van der Waals surface area contributed by atoms with E-state index in [-0.39, 0.29) is 94.5 Å². The number of epoxide rings is 1. The second kappa shape index (κ2) is 29.5. The van der Waals surface area contributed by atoms with Crippen LogP contribution in [0.3, 0.4) is 0 Å². The average Bonchev–Trinajstić information content (AvgIpc) is 3.96. The maximum absolute atomic E-state index is 15.1. The molecule has 5 amide bonds. The van der Waals surface area contributed by atoms with Gasteiger partial charge in [-0.2, -0.15) is 0 Å². The molecule has 4 aromatic carbocycles. The summed E-state index contributed by atoms with van der Waals surface area (Å²) in [7, 11) is 0. The lowest BCUT2D eigenvalue weighted by molar-refractivity contribution is -0.144. The SMILES string of the molecule is NCCCCN(CC(N)=O)C(=O)CN(CCCCN)C1OC1CN(CC(c1ccccc1)c1ccccc1)C(=O)CN(CCO)C(=O)CN(CC(c1ccccc1)c1ccccc1)C(=O)CNC1CCCC1. The van der Waals surface area contributed by atoms with E-state index in [0.29, 0.717) is 45.4 Å². The van der Waals surface area contributed by atoms with E-state index >= 15 is 4.79 Å². The molecule has 1 aliphatic carbocycles. The number of primary amides is 1. The van der Waals surface area contributed by atoms with Crippen molar-refractivity contribution in [3.63, 3.8) is 0 Å². The lowest BCUT2D eigenvalue weighted by Gasteiger charge is -2.33. The molecule has 1 saturated heterocycles. The molecule has 0 aromatic heterocycles. The Labute approximate surface area is 425 Å². The van der Waals surface area contributed by atoms with Crippen molar-refractivity contribution in [3.8, 4) is 0 Å². The fraction of sp³-hybridized carbons (Fsp3) is 0.482. The predicted octanol–water partition coefficient (Wildman–Crippen LogP) is 3.48. The maximum Gasteiger partial charge on any atom is 0.242 e. The number of benzene rings is 4. The van der Waals surface area contributed by atoms with Crippen molar-refractivity contribution in [3.05, 3.63) is 144 Å². The molecule has 0 spiro atoms. The normalized spacial score (nSPS) is 15.5. The molecule has 2 atom stereocenters. The smallest absolute Gasteiger partial charge is 0.242 e. The molecule has 1 heterocycles. The Morgan fingerprint density at radius 2 is 1.00 bits per heavy atom. The zero-order valence-electron chi connectivity index (χ0n) is 41.9. The van der Waals surface area contributed by atoms with E-state index in [1.54, 1.807) is 9.80 Å². The third-order valence-electron chi connectivity index (χ3n) is 13.7. The molecule has 72 heavy (non-hydrogen) atoms. The van der Waals surface area contributed by atoms with E-state index in [4.69, 9.17) is 21.9 Å². The molecule has 16 nitrogen and oxygen atoms in total. The molecule has 0 radical (unpaired) electrons. The summed E-state index contributed by atoms with van der Waals surface area (Å²) in [5, 5.41) is 13.9. The molecule has 4 aromatic rings. The summed E-state index contributed by atoms with van der Waals surface area (Å²) in [4.78, 5) is 78.0. The Bertz CT molecular complexity index is 2180. The fourth-order valence-corrected chi connectivity index (χ4v) is 9.70. The highest BCUT2D eigenvalue weighted by Gasteiger charge is 2.46. The number of aliphatic hydroxyl groups is 1. The van der Waals surface area contributed by atoms with Crippen molar-refractivity contribution in [2.75, 3.05) is 91.7 Å². The van der Waals surface area contributed by atoms with Crippen LogP contribution in [0.15, 0.2) is 121 Å². The van der Waals surface area contributed by atoms with E-state index in [2.05, 4.69) is 5.32 Å². The molecule has 8 N–H and O–H groups in total. The van der Waals surface area contributed by atoms with Crippen LogP contribution in [0.5, 0.6) is 0 Å². The number of nitrogens with zero attached hydrogens (tertiary/aromatic N) is 5. The van der Waals surface area contributed by atoms with Crippen LogP contribution in [0.4, 0.5) is 0 Å². The van der Waals surface area contributed by atoms with Crippen molar-refractivity contribution >= 4 is 29.5 Å². The predicted molar refractivity (Wildman–Crippen MR) is 279 cm³/mol. The molecular formula is C56H77N9O7. The van der Waals surface area contributed by atoms with Gasteiger partial charge in [0.25, 0.3) is 0 Å². The highest BCUT2D eigenvalue weighted by atomic mass is 16.6. The summed E-state index contributed by atoms with van der Waals surface area (Å²) in [6.07, 6.45) is 5.88. The highest BCUT2D eigenvalue weighted by Crippen LogP contribution is 2.31. The van der Waals surface area contributed by atoms with Crippen LogP contribution in [-0.4, -0.2) is 169 Å². The Morgan fingerprint density at radius 3 is 1.49 bits per heavy atom. The van der Waals surface area contributed by atoms with Crippen molar-refractivity contribution in [2.24, 2.45) is 17.2 Å².